The molecule has 0 aliphatic heterocycles. The number of pyridine rings is 1. The molecule has 0 bridgehead atoms. The number of rotatable bonds is 8. The molecule has 1 aromatic carbocycles. The van der Waals surface area contributed by atoms with Gasteiger partial charge in [0.2, 0.25) is 0 Å². The van der Waals surface area contributed by atoms with E-state index in [-0.39, 0.29) is 24.6 Å². The van der Waals surface area contributed by atoms with Crippen molar-refractivity contribution >= 4 is 11.9 Å². The molecule has 0 unspecified atom stereocenters. The number of esters is 1. The van der Waals surface area contributed by atoms with Gasteiger partial charge in [0.15, 0.2) is 11.4 Å². The fourth-order valence-electron chi connectivity index (χ4n) is 2.21. The number of aromatic nitrogens is 1. The van der Waals surface area contributed by atoms with Crippen LogP contribution in [-0.4, -0.2) is 46.9 Å². The zero-order chi connectivity index (χ0) is 20.9. The van der Waals surface area contributed by atoms with Crippen molar-refractivity contribution in [3.05, 3.63) is 58.9 Å². The van der Waals surface area contributed by atoms with Gasteiger partial charge in [0, 0.05) is 11.3 Å². The normalized spacial score (nSPS) is 9.96. The maximum Gasteiger partial charge on any atom is 0.360 e. The van der Waals surface area contributed by atoms with Crippen LogP contribution in [0.4, 0.5) is 0 Å². The van der Waals surface area contributed by atoms with Gasteiger partial charge in [-0.3, -0.25) is 4.79 Å². The van der Waals surface area contributed by atoms with Crippen molar-refractivity contribution in [1.29, 1.82) is 0 Å². The lowest BCUT2D eigenvalue weighted by molar-refractivity contribution is -0.135. The second kappa shape index (κ2) is 12.4. The average molecular weight is 390 g/mol. The van der Waals surface area contributed by atoms with Gasteiger partial charge in [-0.05, 0) is 31.9 Å². The SMILES string of the molecule is CCOC(=O)c1nc(C)cc(CCOCc2ccccc2)c1O.NCC(=O)O. The highest BCUT2D eigenvalue weighted by Crippen LogP contribution is 2.23. The van der Waals surface area contributed by atoms with Crippen molar-refractivity contribution in [1.82, 2.24) is 4.98 Å². The van der Waals surface area contributed by atoms with Crippen molar-refractivity contribution in [2.45, 2.75) is 26.9 Å². The molecule has 0 aliphatic carbocycles. The summed E-state index contributed by atoms with van der Waals surface area (Å²) in [7, 11) is 0. The van der Waals surface area contributed by atoms with Gasteiger partial charge in [0.05, 0.1) is 26.4 Å². The molecule has 0 aliphatic rings. The predicted octanol–water partition coefficient (Wildman–Crippen LogP) is 2.06. The first-order valence-corrected chi connectivity index (χ1v) is 8.79. The number of hydrogen-bond donors (Lipinski definition) is 3. The number of hydrogen-bond acceptors (Lipinski definition) is 7. The predicted molar refractivity (Wildman–Crippen MR) is 103 cm³/mol. The summed E-state index contributed by atoms with van der Waals surface area (Å²) in [5.41, 5.74) is 6.92. The van der Waals surface area contributed by atoms with E-state index in [2.05, 4.69) is 10.7 Å². The number of carbonyl (C=O) groups is 2. The van der Waals surface area contributed by atoms with Crippen LogP contribution < -0.4 is 5.73 Å². The first kappa shape index (κ1) is 23.1. The number of nitrogens with zero attached hydrogens (tertiary/aromatic N) is 1. The summed E-state index contributed by atoms with van der Waals surface area (Å²) in [4.78, 5) is 25.1. The Morgan fingerprint density at radius 1 is 1.21 bits per heavy atom. The molecular weight excluding hydrogens is 364 g/mol. The standard InChI is InChI=1S/C18H21NO4.C2H5NO2/c1-3-23-18(21)16-17(20)15(11-13(2)19-16)9-10-22-12-14-7-5-4-6-8-14;3-1-2(4)5/h4-8,11,20H,3,9-10,12H2,1-2H3;1,3H2,(H,4,5). The Balaban J connectivity index is 0.000000696. The zero-order valence-corrected chi connectivity index (χ0v) is 16.1. The number of carbonyl (C=O) groups excluding carboxylic acids is 1. The van der Waals surface area contributed by atoms with Gasteiger partial charge in [-0.1, -0.05) is 30.3 Å². The first-order chi connectivity index (χ1) is 13.4. The van der Waals surface area contributed by atoms with Crippen LogP contribution in [0.15, 0.2) is 36.4 Å². The molecule has 0 spiro atoms. The smallest absolute Gasteiger partial charge is 0.360 e. The molecule has 1 heterocycles. The van der Waals surface area contributed by atoms with Crippen LogP contribution in [0.1, 0.15) is 34.2 Å². The van der Waals surface area contributed by atoms with E-state index in [1.54, 1.807) is 19.9 Å². The van der Waals surface area contributed by atoms with Gasteiger partial charge in [-0.15, -0.1) is 0 Å². The molecule has 4 N–H and O–H groups in total. The Bertz CT molecular complexity index is 765. The Morgan fingerprint density at radius 2 is 1.86 bits per heavy atom. The second-order valence-electron chi connectivity index (χ2n) is 5.73. The summed E-state index contributed by atoms with van der Waals surface area (Å²) < 4.78 is 10.5. The summed E-state index contributed by atoms with van der Waals surface area (Å²) in [6.45, 7) is 4.40. The maximum absolute atomic E-state index is 11.8. The molecule has 0 amide bonds. The lowest BCUT2D eigenvalue weighted by Gasteiger charge is -2.10. The number of aliphatic carboxylic acids is 1. The quantitative estimate of drug-likeness (QED) is 0.461. The Kier molecular flexibility index (Phi) is 10.2. The van der Waals surface area contributed by atoms with Crippen LogP contribution in [0.25, 0.3) is 0 Å². The van der Waals surface area contributed by atoms with E-state index < -0.39 is 11.9 Å². The topological polar surface area (TPSA) is 132 Å². The van der Waals surface area contributed by atoms with Crippen LogP contribution in [0.2, 0.25) is 0 Å². The number of aryl methyl sites for hydroxylation is 1. The summed E-state index contributed by atoms with van der Waals surface area (Å²) in [6.07, 6.45) is 0.494. The minimum absolute atomic E-state index is 0.0371. The van der Waals surface area contributed by atoms with E-state index in [4.69, 9.17) is 14.6 Å². The zero-order valence-electron chi connectivity index (χ0n) is 16.1. The molecule has 28 heavy (non-hydrogen) atoms. The van der Waals surface area contributed by atoms with E-state index in [9.17, 15) is 14.7 Å². The maximum atomic E-state index is 11.8. The molecule has 8 nitrogen and oxygen atoms in total. The molecule has 2 aromatic rings. The molecule has 0 saturated heterocycles. The lowest BCUT2D eigenvalue weighted by atomic mass is 10.1. The second-order valence-corrected chi connectivity index (χ2v) is 5.73. The van der Waals surface area contributed by atoms with Crippen LogP contribution in [-0.2, 0) is 27.3 Å². The monoisotopic (exact) mass is 390 g/mol. The van der Waals surface area contributed by atoms with Gasteiger partial charge in [-0.2, -0.15) is 0 Å². The largest absolute Gasteiger partial charge is 0.505 e. The summed E-state index contributed by atoms with van der Waals surface area (Å²) >= 11 is 0. The highest BCUT2D eigenvalue weighted by Gasteiger charge is 2.18. The average Bonchev–Trinajstić information content (AvgIpc) is 2.68. The number of ether oxygens (including phenoxy) is 2. The van der Waals surface area contributed by atoms with Crippen molar-refractivity contribution in [2.24, 2.45) is 5.73 Å². The van der Waals surface area contributed by atoms with E-state index >= 15 is 0 Å². The first-order valence-electron chi connectivity index (χ1n) is 8.79. The molecule has 0 atom stereocenters. The highest BCUT2D eigenvalue weighted by molar-refractivity contribution is 5.90. The third-order valence-electron chi connectivity index (χ3n) is 3.47. The van der Waals surface area contributed by atoms with Crippen LogP contribution in [0, 0.1) is 6.92 Å². The van der Waals surface area contributed by atoms with Gasteiger partial charge >= 0.3 is 11.9 Å². The molecule has 1 aromatic heterocycles. The van der Waals surface area contributed by atoms with Crippen molar-refractivity contribution in [2.75, 3.05) is 19.8 Å². The fourth-order valence-corrected chi connectivity index (χ4v) is 2.21. The number of aromatic hydroxyl groups is 1. The summed E-state index contributed by atoms with van der Waals surface area (Å²) in [6, 6.07) is 11.6. The third-order valence-corrected chi connectivity index (χ3v) is 3.47. The Morgan fingerprint density at radius 3 is 2.43 bits per heavy atom. The van der Waals surface area contributed by atoms with Gasteiger partial charge in [0.1, 0.15) is 0 Å². The molecule has 8 heteroatoms. The van der Waals surface area contributed by atoms with Crippen molar-refractivity contribution in [3.63, 3.8) is 0 Å². The number of benzene rings is 1. The van der Waals surface area contributed by atoms with Crippen LogP contribution in [0.3, 0.4) is 0 Å². The van der Waals surface area contributed by atoms with E-state index in [1.807, 2.05) is 30.3 Å². The number of carboxylic acids is 1. The summed E-state index contributed by atoms with van der Waals surface area (Å²) in [5.74, 6) is -1.71. The molecule has 2 rings (SSSR count). The van der Waals surface area contributed by atoms with E-state index in [1.165, 1.54) is 0 Å². The third kappa shape index (κ3) is 8.15. The van der Waals surface area contributed by atoms with Gasteiger partial charge in [0.25, 0.3) is 0 Å². The minimum atomic E-state index is -0.968. The Hall–Kier alpha value is -2.97. The minimum Gasteiger partial charge on any atom is -0.505 e. The van der Waals surface area contributed by atoms with Crippen molar-refractivity contribution in [3.8, 4) is 5.75 Å². The van der Waals surface area contributed by atoms with Gasteiger partial charge in [-0.25, -0.2) is 9.78 Å². The van der Waals surface area contributed by atoms with Gasteiger partial charge < -0.3 is 25.4 Å². The van der Waals surface area contributed by atoms with Crippen molar-refractivity contribution < 1.29 is 29.3 Å². The Labute approximate surface area is 163 Å². The van der Waals surface area contributed by atoms with E-state index in [0.29, 0.717) is 30.9 Å². The highest BCUT2D eigenvalue weighted by atomic mass is 16.5. The molecule has 0 fully saturated rings. The number of carboxylic acid groups (broad SMARTS) is 1. The fraction of sp³-hybridized carbons (Fsp3) is 0.350. The molecule has 0 saturated carbocycles. The lowest BCUT2D eigenvalue weighted by Crippen LogP contribution is -2.10. The number of nitrogens with two attached hydrogens (primary N) is 1. The molecular formula is C20H26N2O6. The summed E-state index contributed by atoms with van der Waals surface area (Å²) in [5, 5.41) is 17.8. The molecule has 0 radical (unpaired) electrons. The van der Waals surface area contributed by atoms with E-state index in [0.717, 1.165) is 5.56 Å². The molecule has 152 valence electrons. The van der Waals surface area contributed by atoms with Crippen LogP contribution in [0.5, 0.6) is 5.75 Å². The van der Waals surface area contributed by atoms with Crippen LogP contribution >= 0.6 is 0 Å².